The molecule has 0 unspecified atom stereocenters. The first-order valence-electron chi connectivity index (χ1n) is 5.68. The van der Waals surface area contributed by atoms with Gasteiger partial charge in [0.1, 0.15) is 5.52 Å². The van der Waals surface area contributed by atoms with Crippen molar-refractivity contribution in [3.8, 4) is 0 Å². The second kappa shape index (κ2) is 5.00. The van der Waals surface area contributed by atoms with Gasteiger partial charge in [0.25, 0.3) is 0 Å². The molecule has 0 radical (unpaired) electrons. The summed E-state index contributed by atoms with van der Waals surface area (Å²) < 4.78 is 5.34. The first kappa shape index (κ1) is 12.3. The fourth-order valence-corrected chi connectivity index (χ4v) is 1.76. The number of rotatable bonds is 5. The molecule has 1 heterocycles. The monoisotopic (exact) mass is 247 g/mol. The van der Waals surface area contributed by atoms with Crippen LogP contribution in [-0.2, 0) is 4.79 Å². The summed E-state index contributed by atoms with van der Waals surface area (Å²) >= 11 is 0. The predicted molar refractivity (Wildman–Crippen MR) is 64.6 cm³/mol. The second-order valence-electron chi connectivity index (χ2n) is 4.09. The van der Waals surface area contributed by atoms with Crippen LogP contribution < -0.4 is 0 Å². The van der Waals surface area contributed by atoms with E-state index in [1.54, 1.807) is 25.1 Å². The largest absolute Gasteiger partial charge is 0.481 e. The highest BCUT2D eigenvalue weighted by Gasteiger charge is 2.10. The highest BCUT2D eigenvalue weighted by molar-refractivity contribution is 5.98. The molecule has 0 aliphatic rings. The molecule has 1 N–H and O–H groups in total. The molecule has 0 aliphatic carbocycles. The summed E-state index contributed by atoms with van der Waals surface area (Å²) in [5, 5.41) is 8.51. The number of aryl methyl sites for hydroxylation is 1. The molecule has 5 heteroatoms. The lowest BCUT2D eigenvalue weighted by Gasteiger charge is -1.99. The minimum Gasteiger partial charge on any atom is -0.481 e. The quantitative estimate of drug-likeness (QED) is 0.821. The smallest absolute Gasteiger partial charge is 0.303 e. The first-order valence-corrected chi connectivity index (χ1v) is 5.68. The van der Waals surface area contributed by atoms with Crippen molar-refractivity contribution in [3.63, 3.8) is 0 Å². The number of Topliss-reactive ketones (excluding diaryl/α,β-unsaturated/α-hetero) is 1. The van der Waals surface area contributed by atoms with Gasteiger partial charge in [0.05, 0.1) is 0 Å². The maximum Gasteiger partial charge on any atom is 0.303 e. The van der Waals surface area contributed by atoms with Crippen molar-refractivity contribution in [1.82, 2.24) is 4.98 Å². The van der Waals surface area contributed by atoms with Gasteiger partial charge in [-0.05, 0) is 24.6 Å². The van der Waals surface area contributed by atoms with Gasteiger partial charge in [-0.1, -0.05) is 0 Å². The Morgan fingerprint density at radius 3 is 2.83 bits per heavy atom. The number of benzene rings is 1. The number of carbonyl (C=O) groups is 2. The molecule has 2 aromatic rings. The number of aliphatic carboxylic acids is 1. The molecule has 0 amide bonds. The minimum atomic E-state index is -0.885. The Labute approximate surface area is 103 Å². The Morgan fingerprint density at radius 1 is 1.33 bits per heavy atom. The van der Waals surface area contributed by atoms with Crippen LogP contribution in [0, 0.1) is 6.92 Å². The molecule has 1 aromatic carbocycles. The number of ketones is 1. The van der Waals surface area contributed by atoms with Crippen molar-refractivity contribution in [1.29, 1.82) is 0 Å². The number of carbonyl (C=O) groups excluding carboxylic acids is 1. The van der Waals surface area contributed by atoms with Crippen molar-refractivity contribution in [2.45, 2.75) is 26.2 Å². The summed E-state index contributed by atoms with van der Waals surface area (Å²) in [6.45, 7) is 1.74. The molecule has 0 atom stereocenters. The lowest BCUT2D eigenvalue weighted by molar-refractivity contribution is -0.137. The van der Waals surface area contributed by atoms with Crippen LogP contribution in [0.4, 0.5) is 0 Å². The minimum absolute atomic E-state index is 0.00933. The Morgan fingerprint density at radius 2 is 2.11 bits per heavy atom. The Bertz CT molecular complexity index is 600. The number of aromatic nitrogens is 1. The molecule has 0 fully saturated rings. The fourth-order valence-electron chi connectivity index (χ4n) is 1.76. The van der Waals surface area contributed by atoms with Crippen molar-refractivity contribution < 1.29 is 19.1 Å². The molecule has 1 aromatic heterocycles. The van der Waals surface area contributed by atoms with Gasteiger partial charge >= 0.3 is 5.97 Å². The Hall–Kier alpha value is -2.17. The van der Waals surface area contributed by atoms with Crippen LogP contribution in [0.5, 0.6) is 0 Å². The average Bonchev–Trinajstić information content (AvgIpc) is 2.67. The fraction of sp³-hybridized carbons (Fsp3) is 0.308. The number of carboxylic acid groups (broad SMARTS) is 1. The van der Waals surface area contributed by atoms with Crippen LogP contribution in [0.25, 0.3) is 11.1 Å². The van der Waals surface area contributed by atoms with E-state index in [4.69, 9.17) is 9.52 Å². The van der Waals surface area contributed by atoms with E-state index in [0.717, 1.165) is 5.52 Å². The molecule has 94 valence electrons. The van der Waals surface area contributed by atoms with Gasteiger partial charge in [-0.2, -0.15) is 0 Å². The van der Waals surface area contributed by atoms with E-state index in [0.29, 0.717) is 23.5 Å². The maximum atomic E-state index is 11.8. The third-order valence-corrected chi connectivity index (χ3v) is 2.61. The molecule has 0 bridgehead atoms. The highest BCUT2D eigenvalue weighted by Crippen LogP contribution is 2.18. The van der Waals surface area contributed by atoms with Crippen LogP contribution in [0.1, 0.15) is 35.5 Å². The summed E-state index contributed by atoms with van der Waals surface area (Å²) in [4.78, 5) is 26.3. The van der Waals surface area contributed by atoms with E-state index in [9.17, 15) is 9.59 Å². The van der Waals surface area contributed by atoms with Crippen molar-refractivity contribution >= 4 is 22.9 Å². The SMILES string of the molecule is Cc1nc2ccc(C(=O)CCCC(=O)O)cc2o1. The van der Waals surface area contributed by atoms with Gasteiger partial charge in [0, 0.05) is 25.3 Å². The Kier molecular flexibility index (Phi) is 3.41. The number of hydrogen-bond acceptors (Lipinski definition) is 4. The van der Waals surface area contributed by atoms with E-state index in [1.165, 1.54) is 0 Å². The van der Waals surface area contributed by atoms with Gasteiger partial charge in [-0.25, -0.2) is 4.98 Å². The standard InChI is InChI=1S/C13H13NO4/c1-8-14-10-6-5-9(7-12(10)18-8)11(15)3-2-4-13(16)17/h5-7H,2-4H2,1H3,(H,16,17). The van der Waals surface area contributed by atoms with E-state index >= 15 is 0 Å². The summed E-state index contributed by atoms with van der Waals surface area (Å²) in [5.41, 5.74) is 1.83. The molecule has 18 heavy (non-hydrogen) atoms. The van der Waals surface area contributed by atoms with Gasteiger partial charge < -0.3 is 9.52 Å². The number of carboxylic acids is 1. The normalized spacial score (nSPS) is 10.7. The summed E-state index contributed by atoms with van der Waals surface area (Å²) in [7, 11) is 0. The summed E-state index contributed by atoms with van der Waals surface area (Å²) in [5.74, 6) is -0.406. The topological polar surface area (TPSA) is 80.4 Å². The van der Waals surface area contributed by atoms with Gasteiger partial charge in [0.2, 0.25) is 0 Å². The number of nitrogens with zero attached hydrogens (tertiary/aromatic N) is 1. The molecule has 5 nitrogen and oxygen atoms in total. The lowest BCUT2D eigenvalue weighted by Crippen LogP contribution is -2.01. The van der Waals surface area contributed by atoms with E-state index in [-0.39, 0.29) is 18.6 Å². The molecule has 0 aliphatic heterocycles. The van der Waals surface area contributed by atoms with Crippen LogP contribution in [0.3, 0.4) is 0 Å². The second-order valence-corrected chi connectivity index (χ2v) is 4.09. The molecular formula is C13H13NO4. The Balaban J connectivity index is 2.10. The highest BCUT2D eigenvalue weighted by atomic mass is 16.4. The van der Waals surface area contributed by atoms with Gasteiger partial charge in [0.15, 0.2) is 17.3 Å². The third-order valence-electron chi connectivity index (χ3n) is 2.61. The van der Waals surface area contributed by atoms with Crippen molar-refractivity contribution in [2.75, 3.05) is 0 Å². The van der Waals surface area contributed by atoms with E-state index < -0.39 is 5.97 Å². The number of oxazole rings is 1. The van der Waals surface area contributed by atoms with Crippen molar-refractivity contribution in [2.24, 2.45) is 0 Å². The molecule has 2 rings (SSSR count). The summed E-state index contributed by atoms with van der Waals surface area (Å²) in [6, 6.07) is 5.07. The summed E-state index contributed by atoms with van der Waals surface area (Å²) in [6.07, 6.45) is 0.585. The maximum absolute atomic E-state index is 11.8. The van der Waals surface area contributed by atoms with Crippen LogP contribution in [0.2, 0.25) is 0 Å². The van der Waals surface area contributed by atoms with Crippen molar-refractivity contribution in [3.05, 3.63) is 29.7 Å². The van der Waals surface area contributed by atoms with Crippen LogP contribution in [0.15, 0.2) is 22.6 Å². The zero-order valence-corrected chi connectivity index (χ0v) is 9.97. The average molecular weight is 247 g/mol. The van der Waals surface area contributed by atoms with Gasteiger partial charge in [-0.3, -0.25) is 9.59 Å². The van der Waals surface area contributed by atoms with Gasteiger partial charge in [-0.15, -0.1) is 0 Å². The zero-order valence-electron chi connectivity index (χ0n) is 9.97. The van der Waals surface area contributed by atoms with E-state index in [1.807, 2.05) is 0 Å². The molecule has 0 spiro atoms. The predicted octanol–water partition coefficient (Wildman–Crippen LogP) is 2.57. The van der Waals surface area contributed by atoms with Crippen LogP contribution >= 0.6 is 0 Å². The molecular weight excluding hydrogens is 234 g/mol. The first-order chi connectivity index (χ1) is 8.56. The molecule has 0 saturated heterocycles. The number of fused-ring (bicyclic) bond motifs is 1. The third kappa shape index (κ3) is 2.74. The molecule has 0 saturated carbocycles. The van der Waals surface area contributed by atoms with E-state index in [2.05, 4.69) is 4.98 Å². The number of hydrogen-bond donors (Lipinski definition) is 1. The van der Waals surface area contributed by atoms with Crippen LogP contribution in [-0.4, -0.2) is 21.8 Å². The lowest BCUT2D eigenvalue weighted by atomic mass is 10.1. The zero-order chi connectivity index (χ0) is 13.1.